The van der Waals surface area contributed by atoms with Crippen molar-refractivity contribution in [1.82, 2.24) is 0 Å². The summed E-state index contributed by atoms with van der Waals surface area (Å²) in [7, 11) is 0. The van der Waals surface area contributed by atoms with E-state index in [4.69, 9.17) is 15.2 Å². The quantitative estimate of drug-likeness (QED) is 0.782. The van der Waals surface area contributed by atoms with Gasteiger partial charge in [0.05, 0.1) is 6.61 Å². The van der Waals surface area contributed by atoms with Crippen LogP contribution in [0.3, 0.4) is 0 Å². The van der Waals surface area contributed by atoms with Crippen LogP contribution < -0.4 is 5.73 Å². The molecule has 1 heterocycles. The molecule has 1 fully saturated rings. The topological polar surface area (TPSA) is 64.7 Å². The second kappa shape index (κ2) is 6.73. The Balaban J connectivity index is 1.70. The molecule has 2 rings (SSSR count). The van der Waals surface area contributed by atoms with Gasteiger partial charge in [0.2, 0.25) is 0 Å². The van der Waals surface area contributed by atoms with Crippen molar-refractivity contribution in [3.05, 3.63) is 29.8 Å². The maximum atomic E-state index is 9.95. The third kappa shape index (κ3) is 3.98. The third-order valence-electron chi connectivity index (χ3n) is 3.29. The van der Waals surface area contributed by atoms with Gasteiger partial charge in [-0.2, -0.15) is 0 Å². The van der Waals surface area contributed by atoms with Crippen LogP contribution in [0, 0.1) is 5.92 Å². The van der Waals surface area contributed by atoms with Crippen molar-refractivity contribution in [2.45, 2.75) is 18.9 Å². The van der Waals surface area contributed by atoms with Gasteiger partial charge < -0.3 is 20.3 Å². The Morgan fingerprint density at radius 3 is 2.61 bits per heavy atom. The van der Waals surface area contributed by atoms with Crippen LogP contribution in [0.4, 0.5) is 5.69 Å². The number of nitrogens with two attached hydrogens (primary N) is 1. The van der Waals surface area contributed by atoms with Crippen molar-refractivity contribution in [3.63, 3.8) is 0 Å². The summed E-state index contributed by atoms with van der Waals surface area (Å²) in [5, 5.41) is 9.95. The summed E-state index contributed by atoms with van der Waals surface area (Å²) in [6, 6.07) is 7.24. The van der Waals surface area contributed by atoms with Crippen molar-refractivity contribution in [1.29, 1.82) is 0 Å². The zero-order valence-electron chi connectivity index (χ0n) is 10.5. The van der Waals surface area contributed by atoms with E-state index >= 15 is 0 Å². The normalized spacial score (nSPS) is 18.7. The van der Waals surface area contributed by atoms with Crippen LogP contribution in [-0.2, 0) is 9.47 Å². The second-order valence-corrected chi connectivity index (χ2v) is 4.78. The van der Waals surface area contributed by atoms with Gasteiger partial charge in [-0.05, 0) is 36.5 Å². The van der Waals surface area contributed by atoms with Crippen LogP contribution in [0.1, 0.15) is 24.5 Å². The van der Waals surface area contributed by atoms with Crippen LogP contribution >= 0.6 is 0 Å². The Morgan fingerprint density at radius 1 is 1.28 bits per heavy atom. The molecule has 1 aliphatic rings. The standard InChI is InChI=1S/C14H21NO3/c15-13-3-1-12(2-4-13)14(16)10-18-9-11-5-7-17-8-6-11/h1-4,11,14,16H,5-10,15H2. The van der Waals surface area contributed by atoms with E-state index in [1.54, 1.807) is 12.1 Å². The van der Waals surface area contributed by atoms with Gasteiger partial charge >= 0.3 is 0 Å². The first-order valence-corrected chi connectivity index (χ1v) is 6.44. The minimum Gasteiger partial charge on any atom is -0.399 e. The molecule has 0 amide bonds. The number of aliphatic hydroxyl groups is 1. The molecular weight excluding hydrogens is 230 g/mol. The highest BCUT2D eigenvalue weighted by molar-refractivity contribution is 5.39. The van der Waals surface area contributed by atoms with E-state index < -0.39 is 6.10 Å². The largest absolute Gasteiger partial charge is 0.399 e. The highest BCUT2D eigenvalue weighted by atomic mass is 16.5. The van der Waals surface area contributed by atoms with Gasteiger partial charge in [0.15, 0.2) is 0 Å². The average molecular weight is 251 g/mol. The zero-order valence-corrected chi connectivity index (χ0v) is 10.5. The zero-order chi connectivity index (χ0) is 12.8. The lowest BCUT2D eigenvalue weighted by molar-refractivity contribution is -0.00965. The highest BCUT2D eigenvalue weighted by Crippen LogP contribution is 2.18. The molecule has 1 aromatic rings. The monoisotopic (exact) mass is 251 g/mol. The minimum atomic E-state index is -0.578. The number of nitrogen functional groups attached to an aromatic ring is 1. The second-order valence-electron chi connectivity index (χ2n) is 4.78. The summed E-state index contributed by atoms with van der Waals surface area (Å²) in [6.45, 7) is 2.69. The average Bonchev–Trinajstić information content (AvgIpc) is 2.40. The molecular formula is C14H21NO3. The fourth-order valence-electron chi connectivity index (χ4n) is 2.07. The Bertz CT molecular complexity index is 347. The molecule has 1 aromatic carbocycles. The van der Waals surface area contributed by atoms with Crippen molar-refractivity contribution >= 4 is 5.69 Å². The van der Waals surface area contributed by atoms with Crippen molar-refractivity contribution in [2.75, 3.05) is 32.2 Å². The summed E-state index contributed by atoms with van der Waals surface area (Å²) in [6.07, 6.45) is 1.53. The number of rotatable bonds is 5. The molecule has 100 valence electrons. The molecule has 0 spiro atoms. The molecule has 0 aliphatic carbocycles. The summed E-state index contributed by atoms with van der Waals surface area (Å²) in [5.41, 5.74) is 7.15. The lowest BCUT2D eigenvalue weighted by atomic mass is 10.0. The third-order valence-corrected chi connectivity index (χ3v) is 3.29. The molecule has 1 atom stereocenters. The Morgan fingerprint density at radius 2 is 1.94 bits per heavy atom. The predicted octanol–water partition coefficient (Wildman–Crippen LogP) is 1.75. The first kappa shape index (κ1) is 13.3. The van der Waals surface area contributed by atoms with Crippen LogP contribution in [0.5, 0.6) is 0 Å². The molecule has 1 unspecified atom stereocenters. The Labute approximate surface area is 108 Å². The lowest BCUT2D eigenvalue weighted by Crippen LogP contribution is -2.21. The molecule has 18 heavy (non-hydrogen) atoms. The number of benzene rings is 1. The Hall–Kier alpha value is -1.10. The van der Waals surface area contributed by atoms with E-state index in [-0.39, 0.29) is 0 Å². The molecule has 0 radical (unpaired) electrons. The molecule has 3 N–H and O–H groups in total. The van der Waals surface area contributed by atoms with Crippen molar-refractivity contribution in [3.8, 4) is 0 Å². The van der Waals surface area contributed by atoms with E-state index in [9.17, 15) is 5.11 Å². The van der Waals surface area contributed by atoms with Gasteiger partial charge in [0.25, 0.3) is 0 Å². The number of hydrogen-bond acceptors (Lipinski definition) is 4. The first-order valence-electron chi connectivity index (χ1n) is 6.44. The molecule has 0 aromatic heterocycles. The SMILES string of the molecule is Nc1ccc(C(O)COCC2CCOCC2)cc1. The molecule has 0 bridgehead atoms. The predicted molar refractivity (Wildman–Crippen MR) is 70.2 cm³/mol. The van der Waals surface area contributed by atoms with Crippen LogP contribution in [0.25, 0.3) is 0 Å². The molecule has 4 nitrogen and oxygen atoms in total. The van der Waals surface area contributed by atoms with Crippen molar-refractivity contribution in [2.24, 2.45) is 5.92 Å². The number of ether oxygens (including phenoxy) is 2. The highest BCUT2D eigenvalue weighted by Gasteiger charge is 2.15. The molecule has 1 saturated heterocycles. The Kier molecular flexibility index (Phi) is 4.99. The van der Waals surface area contributed by atoms with Gasteiger partial charge in [-0.1, -0.05) is 12.1 Å². The van der Waals surface area contributed by atoms with E-state index in [0.717, 1.165) is 31.6 Å². The molecule has 0 saturated carbocycles. The summed E-state index contributed by atoms with van der Waals surface area (Å²) in [4.78, 5) is 0. The fraction of sp³-hybridized carbons (Fsp3) is 0.571. The van der Waals surface area contributed by atoms with Crippen LogP contribution in [0.2, 0.25) is 0 Å². The van der Waals surface area contributed by atoms with Gasteiger partial charge in [0, 0.05) is 25.5 Å². The van der Waals surface area contributed by atoms with Gasteiger partial charge in [0.1, 0.15) is 6.10 Å². The summed E-state index contributed by atoms with van der Waals surface area (Å²) < 4.78 is 10.9. The van der Waals surface area contributed by atoms with Gasteiger partial charge in [-0.15, -0.1) is 0 Å². The van der Waals surface area contributed by atoms with E-state index in [2.05, 4.69) is 0 Å². The molecule has 1 aliphatic heterocycles. The number of anilines is 1. The van der Waals surface area contributed by atoms with Crippen LogP contribution in [0.15, 0.2) is 24.3 Å². The van der Waals surface area contributed by atoms with E-state index in [1.807, 2.05) is 12.1 Å². The fourth-order valence-corrected chi connectivity index (χ4v) is 2.07. The first-order chi connectivity index (χ1) is 8.75. The van der Waals surface area contributed by atoms with Crippen LogP contribution in [-0.4, -0.2) is 31.5 Å². The number of hydrogen-bond donors (Lipinski definition) is 2. The summed E-state index contributed by atoms with van der Waals surface area (Å²) in [5.74, 6) is 0.567. The summed E-state index contributed by atoms with van der Waals surface area (Å²) >= 11 is 0. The van der Waals surface area contributed by atoms with E-state index in [1.165, 1.54) is 0 Å². The smallest absolute Gasteiger partial charge is 0.102 e. The molecule has 4 heteroatoms. The maximum absolute atomic E-state index is 9.95. The number of aliphatic hydroxyl groups excluding tert-OH is 1. The van der Waals surface area contributed by atoms with Crippen molar-refractivity contribution < 1.29 is 14.6 Å². The lowest BCUT2D eigenvalue weighted by Gasteiger charge is -2.22. The minimum absolute atomic E-state index is 0.335. The maximum Gasteiger partial charge on any atom is 0.102 e. The van der Waals surface area contributed by atoms with E-state index in [0.29, 0.717) is 24.8 Å². The van der Waals surface area contributed by atoms with Gasteiger partial charge in [-0.3, -0.25) is 0 Å². The van der Waals surface area contributed by atoms with Gasteiger partial charge in [-0.25, -0.2) is 0 Å².